The van der Waals surface area contributed by atoms with Gasteiger partial charge in [-0.3, -0.25) is 0 Å². The standard InChI is InChI=1S/C19H12BrFN2S2/c20-14-5-1-12(2-6-14)9-24-18-17-16(10-25-19(17)23-11-22-18)13-3-7-15(21)8-4-13/h1-8,10-11H,9H2. The summed E-state index contributed by atoms with van der Waals surface area (Å²) in [7, 11) is 0. The van der Waals surface area contributed by atoms with Crippen LogP contribution in [-0.4, -0.2) is 9.97 Å². The molecule has 0 atom stereocenters. The van der Waals surface area contributed by atoms with Crippen molar-refractivity contribution in [2.75, 3.05) is 0 Å². The molecule has 0 saturated carbocycles. The largest absolute Gasteiger partial charge is 0.229 e. The summed E-state index contributed by atoms with van der Waals surface area (Å²) in [5.74, 6) is 0.599. The number of thioether (sulfide) groups is 1. The minimum Gasteiger partial charge on any atom is -0.229 e. The monoisotopic (exact) mass is 430 g/mol. The van der Waals surface area contributed by atoms with E-state index in [0.717, 1.165) is 36.6 Å². The van der Waals surface area contributed by atoms with E-state index >= 15 is 0 Å². The van der Waals surface area contributed by atoms with Crippen molar-refractivity contribution in [3.8, 4) is 11.1 Å². The predicted octanol–water partition coefficient (Wildman–Crippen LogP) is 6.55. The molecule has 4 rings (SSSR count). The Bertz CT molecular complexity index is 1010. The summed E-state index contributed by atoms with van der Waals surface area (Å²) in [6.07, 6.45) is 1.61. The Morgan fingerprint density at radius 2 is 1.76 bits per heavy atom. The molecule has 6 heteroatoms. The molecule has 0 aliphatic rings. The Morgan fingerprint density at radius 3 is 2.52 bits per heavy atom. The van der Waals surface area contributed by atoms with Gasteiger partial charge in [0.15, 0.2) is 0 Å². The molecule has 2 aromatic heterocycles. The van der Waals surface area contributed by atoms with Crippen LogP contribution in [-0.2, 0) is 5.75 Å². The molecule has 0 radical (unpaired) electrons. The number of thiophene rings is 1. The zero-order valence-corrected chi connectivity index (χ0v) is 16.2. The van der Waals surface area contributed by atoms with Crippen LogP contribution in [0.2, 0.25) is 0 Å². The number of nitrogens with zero attached hydrogens (tertiary/aromatic N) is 2. The van der Waals surface area contributed by atoms with Gasteiger partial charge in [0.1, 0.15) is 22.0 Å². The van der Waals surface area contributed by atoms with Crippen molar-refractivity contribution in [1.29, 1.82) is 0 Å². The molecule has 0 amide bonds. The third-order valence-corrected chi connectivity index (χ3v) is 6.26. The highest BCUT2D eigenvalue weighted by Gasteiger charge is 2.13. The second-order valence-electron chi connectivity index (χ2n) is 5.43. The van der Waals surface area contributed by atoms with E-state index in [9.17, 15) is 4.39 Å². The van der Waals surface area contributed by atoms with Crippen molar-refractivity contribution in [3.63, 3.8) is 0 Å². The Morgan fingerprint density at radius 1 is 1.00 bits per heavy atom. The number of rotatable bonds is 4. The SMILES string of the molecule is Fc1ccc(-c2csc3ncnc(SCc4ccc(Br)cc4)c23)cc1. The smallest absolute Gasteiger partial charge is 0.128 e. The van der Waals surface area contributed by atoms with Gasteiger partial charge in [0.2, 0.25) is 0 Å². The molecule has 0 fully saturated rings. The summed E-state index contributed by atoms with van der Waals surface area (Å²) in [6.45, 7) is 0. The summed E-state index contributed by atoms with van der Waals surface area (Å²) in [5.41, 5.74) is 3.27. The molecule has 2 nitrogen and oxygen atoms in total. The van der Waals surface area contributed by atoms with Crippen LogP contribution in [0, 0.1) is 5.82 Å². The highest BCUT2D eigenvalue weighted by atomic mass is 79.9. The first kappa shape index (κ1) is 16.7. The summed E-state index contributed by atoms with van der Waals surface area (Å²) in [4.78, 5) is 9.83. The molecule has 0 saturated heterocycles. The van der Waals surface area contributed by atoms with E-state index in [1.54, 1.807) is 41.6 Å². The van der Waals surface area contributed by atoms with Crippen molar-refractivity contribution in [2.45, 2.75) is 10.8 Å². The molecule has 2 heterocycles. The van der Waals surface area contributed by atoms with Crippen LogP contribution in [0.15, 0.2) is 69.7 Å². The topological polar surface area (TPSA) is 25.8 Å². The quantitative estimate of drug-likeness (QED) is 0.271. The normalized spacial score (nSPS) is 11.1. The molecule has 124 valence electrons. The van der Waals surface area contributed by atoms with E-state index in [2.05, 4.69) is 43.4 Å². The first-order valence-corrected chi connectivity index (χ1v) is 10.2. The minimum absolute atomic E-state index is 0.232. The van der Waals surface area contributed by atoms with Gasteiger partial charge in [-0.2, -0.15) is 0 Å². The maximum atomic E-state index is 13.2. The Labute approximate surface area is 161 Å². The number of aromatic nitrogens is 2. The minimum atomic E-state index is -0.232. The summed E-state index contributed by atoms with van der Waals surface area (Å²) in [5, 5.41) is 4.06. The molecular weight excluding hydrogens is 419 g/mol. The van der Waals surface area contributed by atoms with Crippen molar-refractivity contribution < 1.29 is 4.39 Å². The van der Waals surface area contributed by atoms with Crippen molar-refractivity contribution in [2.24, 2.45) is 0 Å². The van der Waals surface area contributed by atoms with Gasteiger partial charge in [-0.25, -0.2) is 14.4 Å². The van der Waals surface area contributed by atoms with Gasteiger partial charge < -0.3 is 0 Å². The van der Waals surface area contributed by atoms with Crippen LogP contribution < -0.4 is 0 Å². The van der Waals surface area contributed by atoms with Gasteiger partial charge in [0.05, 0.1) is 5.39 Å². The Balaban J connectivity index is 1.70. The lowest BCUT2D eigenvalue weighted by molar-refractivity contribution is 0.628. The van der Waals surface area contributed by atoms with Gasteiger partial charge in [0, 0.05) is 21.2 Å². The molecule has 0 spiro atoms. The molecule has 0 aliphatic heterocycles. The number of halogens is 2. The van der Waals surface area contributed by atoms with E-state index < -0.39 is 0 Å². The molecule has 25 heavy (non-hydrogen) atoms. The van der Waals surface area contributed by atoms with Crippen LogP contribution in [0.25, 0.3) is 21.3 Å². The van der Waals surface area contributed by atoms with Crippen molar-refractivity contribution >= 4 is 49.2 Å². The first-order valence-electron chi connectivity index (χ1n) is 7.56. The van der Waals surface area contributed by atoms with E-state index in [1.807, 2.05) is 12.1 Å². The molecule has 0 unspecified atom stereocenters. The van der Waals surface area contributed by atoms with Gasteiger partial charge in [-0.15, -0.1) is 23.1 Å². The molecule has 2 aromatic carbocycles. The Kier molecular flexibility index (Phi) is 4.83. The maximum Gasteiger partial charge on any atom is 0.128 e. The van der Waals surface area contributed by atoms with Crippen LogP contribution in [0.3, 0.4) is 0 Å². The lowest BCUT2D eigenvalue weighted by atomic mass is 10.1. The zero-order chi connectivity index (χ0) is 17.2. The maximum absolute atomic E-state index is 13.2. The van der Waals surface area contributed by atoms with Crippen LogP contribution >= 0.6 is 39.0 Å². The number of hydrogen-bond donors (Lipinski definition) is 0. The highest BCUT2D eigenvalue weighted by molar-refractivity contribution is 9.10. The number of hydrogen-bond acceptors (Lipinski definition) is 4. The van der Waals surface area contributed by atoms with Crippen molar-refractivity contribution in [3.05, 3.63) is 76.1 Å². The molecular formula is C19H12BrFN2S2. The average Bonchev–Trinajstić information content (AvgIpc) is 3.07. The lowest BCUT2D eigenvalue weighted by Gasteiger charge is -2.06. The summed E-state index contributed by atoms with van der Waals surface area (Å²) >= 11 is 6.73. The fourth-order valence-corrected chi connectivity index (χ4v) is 4.74. The first-order chi connectivity index (χ1) is 12.2. The van der Waals surface area contributed by atoms with Gasteiger partial charge >= 0.3 is 0 Å². The highest BCUT2D eigenvalue weighted by Crippen LogP contribution is 2.38. The van der Waals surface area contributed by atoms with E-state index in [-0.39, 0.29) is 5.82 Å². The summed E-state index contributed by atoms with van der Waals surface area (Å²) < 4.78 is 14.3. The second kappa shape index (κ2) is 7.23. The molecule has 4 aromatic rings. The van der Waals surface area contributed by atoms with Crippen LogP contribution in [0.4, 0.5) is 4.39 Å². The van der Waals surface area contributed by atoms with E-state index in [1.165, 1.54) is 17.7 Å². The zero-order valence-electron chi connectivity index (χ0n) is 12.9. The molecule has 0 aliphatic carbocycles. The van der Waals surface area contributed by atoms with Crippen LogP contribution in [0.1, 0.15) is 5.56 Å². The van der Waals surface area contributed by atoms with E-state index in [4.69, 9.17) is 0 Å². The molecule has 0 bridgehead atoms. The second-order valence-corrected chi connectivity index (χ2v) is 8.17. The Hall–Kier alpha value is -1.76. The lowest BCUT2D eigenvalue weighted by Crippen LogP contribution is -1.87. The number of fused-ring (bicyclic) bond motifs is 1. The van der Waals surface area contributed by atoms with Gasteiger partial charge in [-0.1, -0.05) is 40.2 Å². The third-order valence-electron chi connectivity index (χ3n) is 3.78. The average molecular weight is 431 g/mol. The van der Waals surface area contributed by atoms with Crippen molar-refractivity contribution in [1.82, 2.24) is 9.97 Å². The van der Waals surface area contributed by atoms with E-state index in [0.29, 0.717) is 0 Å². The van der Waals surface area contributed by atoms with Gasteiger partial charge in [-0.05, 0) is 35.4 Å². The summed E-state index contributed by atoms with van der Waals surface area (Å²) in [6, 6.07) is 14.8. The van der Waals surface area contributed by atoms with Gasteiger partial charge in [0.25, 0.3) is 0 Å². The fraction of sp³-hybridized carbons (Fsp3) is 0.0526. The molecule has 0 N–H and O–H groups in total. The third kappa shape index (κ3) is 3.61. The predicted molar refractivity (Wildman–Crippen MR) is 107 cm³/mol. The number of benzene rings is 2. The fourth-order valence-electron chi connectivity index (χ4n) is 2.53. The van der Waals surface area contributed by atoms with Crippen LogP contribution in [0.5, 0.6) is 0 Å².